The van der Waals surface area contributed by atoms with Crippen LogP contribution in [-0.4, -0.2) is 15.7 Å². The molecule has 0 amide bonds. The minimum Gasteiger partial charge on any atom is -0.428 e. The van der Waals surface area contributed by atoms with Crippen molar-refractivity contribution in [3.05, 3.63) is 82.5 Å². The Bertz CT molecular complexity index is 973. The van der Waals surface area contributed by atoms with Crippen molar-refractivity contribution >= 4 is 22.9 Å². The van der Waals surface area contributed by atoms with E-state index in [1.807, 2.05) is 30.3 Å². The largest absolute Gasteiger partial charge is 0.428 e. The van der Waals surface area contributed by atoms with Crippen molar-refractivity contribution in [2.24, 2.45) is 0 Å². The summed E-state index contributed by atoms with van der Waals surface area (Å²) in [5.41, 5.74) is 1.54. The number of fused-ring (bicyclic) bond motifs is 1. The van der Waals surface area contributed by atoms with Crippen LogP contribution in [0.15, 0.2) is 60.7 Å². The second kappa shape index (κ2) is 5.88. The highest BCUT2D eigenvalue weighted by atomic mass is 16.5. The van der Waals surface area contributed by atoms with Gasteiger partial charge in [0, 0.05) is 11.0 Å². The lowest BCUT2D eigenvalue weighted by atomic mass is 10.1. The van der Waals surface area contributed by atoms with Gasteiger partial charge in [0.1, 0.15) is 5.69 Å². The Balaban J connectivity index is 2.11. The SMILES string of the molecule is Cc1c(C(=O)/C=C/c2ccccc2)[n+](=O)c2ccccc2n1O. The number of aromatic nitrogens is 2. The van der Waals surface area contributed by atoms with Crippen molar-refractivity contribution < 1.29 is 14.4 Å². The van der Waals surface area contributed by atoms with Crippen LogP contribution in [0.5, 0.6) is 0 Å². The van der Waals surface area contributed by atoms with E-state index >= 15 is 0 Å². The second-order valence-corrected chi connectivity index (χ2v) is 5.14. The molecular weight excluding hydrogens is 292 g/mol. The number of carbonyl (C=O) groups excluding carboxylic acids is 1. The molecule has 0 spiro atoms. The van der Waals surface area contributed by atoms with Gasteiger partial charge < -0.3 is 5.21 Å². The molecule has 1 N–H and O–H groups in total. The molecule has 1 aromatic heterocycles. The molecule has 0 unspecified atom stereocenters. The molecule has 0 aliphatic heterocycles. The van der Waals surface area contributed by atoms with Crippen LogP contribution >= 0.6 is 0 Å². The van der Waals surface area contributed by atoms with Crippen LogP contribution in [-0.2, 0) is 0 Å². The van der Waals surface area contributed by atoms with E-state index < -0.39 is 5.78 Å². The van der Waals surface area contributed by atoms with Crippen molar-refractivity contribution in [1.29, 1.82) is 0 Å². The first-order valence-electron chi connectivity index (χ1n) is 7.13. The fraction of sp³-hybridized carbons (Fsp3) is 0.0556. The Hall–Kier alpha value is -3.21. The van der Waals surface area contributed by atoms with Gasteiger partial charge in [0.15, 0.2) is 5.52 Å². The zero-order valence-corrected chi connectivity index (χ0v) is 12.5. The first kappa shape index (κ1) is 14.7. The lowest BCUT2D eigenvalue weighted by Crippen LogP contribution is -2.30. The van der Waals surface area contributed by atoms with Crippen molar-refractivity contribution in [3.63, 3.8) is 0 Å². The lowest BCUT2D eigenvalue weighted by molar-refractivity contribution is -0.468. The number of hydrogen-bond acceptors (Lipinski definition) is 3. The Labute approximate surface area is 132 Å². The number of ketones is 1. The molecule has 0 aliphatic rings. The Morgan fingerprint density at radius 2 is 1.74 bits per heavy atom. The minimum absolute atomic E-state index is 0.0987. The molecule has 1 heterocycles. The lowest BCUT2D eigenvalue weighted by Gasteiger charge is -2.04. The first-order chi connectivity index (χ1) is 11.1. The molecular formula is C18H15N2O3+. The Kier molecular flexibility index (Phi) is 3.76. The fourth-order valence-corrected chi connectivity index (χ4v) is 2.46. The third kappa shape index (κ3) is 2.64. The first-order valence-corrected chi connectivity index (χ1v) is 7.13. The minimum atomic E-state index is -0.463. The molecule has 3 aromatic rings. The highest BCUT2D eigenvalue weighted by Gasteiger charge is 2.26. The molecule has 114 valence electrons. The average molecular weight is 307 g/mol. The zero-order valence-electron chi connectivity index (χ0n) is 12.5. The number of benzene rings is 2. The molecule has 2 aromatic carbocycles. The molecule has 0 saturated heterocycles. The van der Waals surface area contributed by atoms with Gasteiger partial charge in [-0.15, -0.1) is 0 Å². The highest BCUT2D eigenvalue weighted by molar-refractivity contribution is 6.05. The third-order valence-corrected chi connectivity index (χ3v) is 3.65. The summed E-state index contributed by atoms with van der Waals surface area (Å²) in [7, 11) is 0. The maximum atomic E-state index is 12.5. The Morgan fingerprint density at radius 1 is 1.09 bits per heavy atom. The molecule has 0 aliphatic carbocycles. The summed E-state index contributed by atoms with van der Waals surface area (Å²) in [6.07, 6.45) is 2.97. The summed E-state index contributed by atoms with van der Waals surface area (Å²) in [4.78, 5) is 24.9. The van der Waals surface area contributed by atoms with E-state index in [2.05, 4.69) is 0 Å². The number of allylic oxidation sites excluding steroid dienone is 1. The smallest absolute Gasteiger partial charge is 0.332 e. The van der Waals surface area contributed by atoms with Gasteiger partial charge in [-0.05, 0) is 24.6 Å². The number of para-hydroxylation sites is 2. The van der Waals surface area contributed by atoms with Crippen LogP contribution in [0.4, 0.5) is 0 Å². The van der Waals surface area contributed by atoms with Gasteiger partial charge >= 0.3 is 5.69 Å². The predicted octanol–water partition coefficient (Wildman–Crippen LogP) is 3.00. The van der Waals surface area contributed by atoms with Crippen LogP contribution in [0.2, 0.25) is 0 Å². The van der Waals surface area contributed by atoms with E-state index in [0.29, 0.717) is 9.94 Å². The molecule has 0 saturated carbocycles. The molecule has 5 nitrogen and oxygen atoms in total. The van der Waals surface area contributed by atoms with Gasteiger partial charge in [0.25, 0.3) is 11.3 Å². The van der Waals surface area contributed by atoms with Gasteiger partial charge in [-0.2, -0.15) is 4.73 Å². The number of nitrogens with zero attached hydrogens (tertiary/aromatic N) is 2. The molecule has 0 atom stereocenters. The van der Waals surface area contributed by atoms with E-state index in [1.54, 1.807) is 30.3 Å². The van der Waals surface area contributed by atoms with Crippen LogP contribution in [0.1, 0.15) is 21.7 Å². The summed E-state index contributed by atoms with van der Waals surface area (Å²) in [6.45, 7) is 1.53. The van der Waals surface area contributed by atoms with E-state index in [9.17, 15) is 14.9 Å². The standard InChI is InChI=1S/C18H15N2O3/c1-13-18(17(21)12-11-14-7-3-2-4-8-14)20(23)16-10-6-5-9-15(16)19(13)22/h2-12,22H,1H3/q+1/b12-11+. The summed E-state index contributed by atoms with van der Waals surface area (Å²) in [5.74, 6) is -0.463. The van der Waals surface area contributed by atoms with Crippen molar-refractivity contribution in [2.75, 3.05) is 0 Å². The maximum Gasteiger partial charge on any atom is 0.332 e. The summed E-state index contributed by atoms with van der Waals surface area (Å²) in [6, 6.07) is 15.9. The number of rotatable bonds is 3. The van der Waals surface area contributed by atoms with Crippen LogP contribution in [0, 0.1) is 11.8 Å². The van der Waals surface area contributed by atoms with Crippen LogP contribution in [0.25, 0.3) is 17.1 Å². The summed E-state index contributed by atoms with van der Waals surface area (Å²) < 4.78 is 1.43. The fourth-order valence-electron chi connectivity index (χ4n) is 2.46. The average Bonchev–Trinajstić information content (AvgIpc) is 2.59. The van der Waals surface area contributed by atoms with Gasteiger partial charge in [-0.25, -0.2) is 0 Å². The van der Waals surface area contributed by atoms with E-state index in [0.717, 1.165) is 10.3 Å². The second-order valence-electron chi connectivity index (χ2n) is 5.14. The monoisotopic (exact) mass is 307 g/mol. The van der Waals surface area contributed by atoms with Gasteiger partial charge in [0.2, 0.25) is 0 Å². The molecule has 0 radical (unpaired) electrons. The van der Waals surface area contributed by atoms with Crippen LogP contribution in [0.3, 0.4) is 0 Å². The highest BCUT2D eigenvalue weighted by Crippen LogP contribution is 2.14. The van der Waals surface area contributed by atoms with Gasteiger partial charge in [-0.1, -0.05) is 48.5 Å². The summed E-state index contributed by atoms with van der Waals surface area (Å²) in [5, 5.41) is 10.2. The van der Waals surface area contributed by atoms with Gasteiger partial charge in [0.05, 0.1) is 4.43 Å². The molecule has 23 heavy (non-hydrogen) atoms. The van der Waals surface area contributed by atoms with Crippen molar-refractivity contribution in [3.8, 4) is 0 Å². The van der Waals surface area contributed by atoms with E-state index in [1.165, 1.54) is 13.0 Å². The van der Waals surface area contributed by atoms with Crippen molar-refractivity contribution in [1.82, 2.24) is 4.73 Å². The van der Waals surface area contributed by atoms with Gasteiger partial charge in [-0.3, -0.25) is 4.79 Å². The maximum absolute atomic E-state index is 12.5. The third-order valence-electron chi connectivity index (χ3n) is 3.65. The van der Waals surface area contributed by atoms with E-state index in [4.69, 9.17) is 0 Å². The molecule has 3 rings (SSSR count). The molecule has 5 heteroatoms. The van der Waals surface area contributed by atoms with Crippen LogP contribution < -0.4 is 4.43 Å². The predicted molar refractivity (Wildman–Crippen MR) is 87.0 cm³/mol. The zero-order chi connectivity index (χ0) is 16.4. The molecule has 0 fully saturated rings. The summed E-state index contributed by atoms with van der Waals surface area (Å²) >= 11 is 0. The number of hydrogen-bond donors (Lipinski definition) is 1. The normalized spacial score (nSPS) is 11.2. The van der Waals surface area contributed by atoms with E-state index in [-0.39, 0.29) is 16.9 Å². The Morgan fingerprint density at radius 3 is 2.48 bits per heavy atom. The van der Waals surface area contributed by atoms with Crippen molar-refractivity contribution in [2.45, 2.75) is 6.92 Å². The quantitative estimate of drug-likeness (QED) is 0.350. The number of carbonyl (C=O) groups is 1. The molecule has 0 bridgehead atoms. The topological polar surface area (TPSA) is 65.2 Å².